The first kappa shape index (κ1) is 15.7. The number of fused-ring (bicyclic) bond motifs is 1. The van der Waals surface area contributed by atoms with Gasteiger partial charge in [-0.15, -0.1) is 0 Å². The summed E-state index contributed by atoms with van der Waals surface area (Å²) in [5.41, 5.74) is 1.88. The molecule has 1 heterocycles. The zero-order valence-electron chi connectivity index (χ0n) is 12.2. The van der Waals surface area contributed by atoms with Crippen LogP contribution >= 0.6 is 11.8 Å². The Bertz CT molecular complexity index is 612. The maximum atomic E-state index is 11.7. The number of carbonyl (C=O) groups is 1. The molecule has 5 nitrogen and oxygen atoms in total. The second-order valence-corrected chi connectivity index (χ2v) is 5.75. The number of aliphatic hydroxyl groups excluding tert-OH is 1. The summed E-state index contributed by atoms with van der Waals surface area (Å²) >= 11 is 1.61. The van der Waals surface area contributed by atoms with Gasteiger partial charge < -0.3 is 20.1 Å². The topological polar surface area (TPSA) is 74.3 Å². The van der Waals surface area contributed by atoms with Crippen LogP contribution in [0.4, 0.5) is 0 Å². The van der Waals surface area contributed by atoms with Crippen molar-refractivity contribution in [1.29, 1.82) is 0 Å². The van der Waals surface area contributed by atoms with Crippen LogP contribution in [-0.4, -0.2) is 41.2 Å². The van der Waals surface area contributed by atoms with Crippen LogP contribution in [0.1, 0.15) is 12.1 Å². The summed E-state index contributed by atoms with van der Waals surface area (Å²) in [7, 11) is 1.63. The molecule has 114 valence electrons. The summed E-state index contributed by atoms with van der Waals surface area (Å²) in [6, 6.07) is 7.72. The number of aliphatic hydroxyl groups is 1. The Hall–Kier alpha value is -1.66. The van der Waals surface area contributed by atoms with Crippen molar-refractivity contribution in [3.05, 3.63) is 30.0 Å². The molecule has 1 amide bonds. The number of hydrogen-bond acceptors (Lipinski definition) is 4. The van der Waals surface area contributed by atoms with Crippen LogP contribution in [0.3, 0.4) is 0 Å². The van der Waals surface area contributed by atoms with Crippen LogP contribution in [0.25, 0.3) is 10.9 Å². The van der Waals surface area contributed by atoms with Gasteiger partial charge in [0.15, 0.2) is 0 Å². The predicted octanol–water partition coefficient (Wildman–Crippen LogP) is 1.91. The molecular weight excluding hydrogens is 288 g/mol. The number of aromatic amines is 1. The molecule has 3 N–H and O–H groups in total. The Morgan fingerprint density at radius 1 is 1.48 bits per heavy atom. The number of H-pyrrole nitrogens is 1. The third-order valence-corrected chi connectivity index (χ3v) is 3.88. The molecule has 2 aromatic rings. The van der Waals surface area contributed by atoms with E-state index in [1.165, 1.54) is 0 Å². The lowest BCUT2D eigenvalue weighted by molar-refractivity contribution is -0.129. The molecule has 21 heavy (non-hydrogen) atoms. The standard InChI is InChI=1S/C15H20N2O3S/c1-20-12-3-4-13-10(8-12)7-11(17-13)9-16-15(19)14(18)5-6-21-2/h3-4,7-8,14,17-18H,5-6,9H2,1-2H3,(H,16,19)/t14-/m0/s1. The van der Waals surface area contributed by atoms with Gasteiger partial charge in [0.25, 0.3) is 0 Å². The lowest BCUT2D eigenvalue weighted by atomic mass is 10.2. The molecule has 0 radical (unpaired) electrons. The van der Waals surface area contributed by atoms with Gasteiger partial charge in [0.2, 0.25) is 5.91 Å². The van der Waals surface area contributed by atoms with E-state index in [9.17, 15) is 9.90 Å². The number of amides is 1. The summed E-state index contributed by atoms with van der Waals surface area (Å²) in [4.78, 5) is 15.0. The number of benzene rings is 1. The van der Waals surface area contributed by atoms with Crippen molar-refractivity contribution in [3.63, 3.8) is 0 Å². The second-order valence-electron chi connectivity index (χ2n) is 4.76. The van der Waals surface area contributed by atoms with Crippen LogP contribution in [0, 0.1) is 0 Å². The van der Waals surface area contributed by atoms with E-state index in [0.717, 1.165) is 28.1 Å². The number of rotatable bonds is 7. The highest BCUT2D eigenvalue weighted by Gasteiger charge is 2.14. The molecule has 6 heteroatoms. The van der Waals surface area contributed by atoms with E-state index in [2.05, 4.69) is 10.3 Å². The largest absolute Gasteiger partial charge is 0.497 e. The Morgan fingerprint density at radius 2 is 2.29 bits per heavy atom. The monoisotopic (exact) mass is 308 g/mol. The van der Waals surface area contributed by atoms with Gasteiger partial charge in [-0.1, -0.05) is 0 Å². The highest BCUT2D eigenvalue weighted by molar-refractivity contribution is 7.98. The SMILES string of the molecule is COc1ccc2[nH]c(CNC(=O)[C@@H](O)CCSC)cc2c1. The molecule has 0 aliphatic rings. The Morgan fingerprint density at radius 3 is 3.00 bits per heavy atom. The maximum Gasteiger partial charge on any atom is 0.249 e. The third-order valence-electron chi connectivity index (χ3n) is 3.23. The average Bonchev–Trinajstić information content (AvgIpc) is 2.91. The van der Waals surface area contributed by atoms with Crippen LogP contribution < -0.4 is 10.1 Å². The minimum absolute atomic E-state index is 0.333. The van der Waals surface area contributed by atoms with Gasteiger partial charge in [-0.2, -0.15) is 11.8 Å². The van der Waals surface area contributed by atoms with Crippen molar-refractivity contribution >= 4 is 28.6 Å². The number of carbonyl (C=O) groups excluding carboxylic acids is 1. The zero-order valence-corrected chi connectivity index (χ0v) is 13.0. The third kappa shape index (κ3) is 4.15. The number of aromatic nitrogens is 1. The molecule has 1 aromatic heterocycles. The molecule has 0 spiro atoms. The van der Waals surface area contributed by atoms with Crippen LogP contribution in [-0.2, 0) is 11.3 Å². The highest BCUT2D eigenvalue weighted by Crippen LogP contribution is 2.21. The Balaban J connectivity index is 1.95. The van der Waals surface area contributed by atoms with Crippen molar-refractivity contribution < 1.29 is 14.6 Å². The predicted molar refractivity (Wildman–Crippen MR) is 85.7 cm³/mol. The zero-order chi connectivity index (χ0) is 15.2. The normalized spacial score (nSPS) is 12.3. The fourth-order valence-electron chi connectivity index (χ4n) is 2.05. The van der Waals surface area contributed by atoms with Gasteiger partial charge in [0, 0.05) is 16.6 Å². The Kier molecular flexibility index (Phi) is 5.52. The molecule has 0 saturated heterocycles. The van der Waals surface area contributed by atoms with E-state index < -0.39 is 6.10 Å². The number of ether oxygens (including phenoxy) is 1. The fourth-order valence-corrected chi connectivity index (χ4v) is 2.51. The van der Waals surface area contributed by atoms with Crippen LogP contribution in [0.2, 0.25) is 0 Å². The molecule has 1 aromatic carbocycles. The van der Waals surface area contributed by atoms with Gasteiger partial charge in [-0.05, 0) is 42.7 Å². The molecule has 1 atom stereocenters. The van der Waals surface area contributed by atoms with Crippen molar-refractivity contribution in [2.24, 2.45) is 0 Å². The maximum absolute atomic E-state index is 11.7. The van der Waals surface area contributed by atoms with Gasteiger partial charge in [-0.3, -0.25) is 4.79 Å². The van der Waals surface area contributed by atoms with E-state index >= 15 is 0 Å². The molecular formula is C15H20N2O3S. The van der Waals surface area contributed by atoms with E-state index in [0.29, 0.717) is 13.0 Å². The lowest BCUT2D eigenvalue weighted by Crippen LogP contribution is -2.34. The fraction of sp³-hybridized carbons (Fsp3) is 0.400. The van der Waals surface area contributed by atoms with Gasteiger partial charge >= 0.3 is 0 Å². The highest BCUT2D eigenvalue weighted by atomic mass is 32.2. The number of methoxy groups -OCH3 is 1. The van der Waals surface area contributed by atoms with Crippen LogP contribution in [0.15, 0.2) is 24.3 Å². The summed E-state index contributed by atoms with van der Waals surface area (Å²) in [5.74, 6) is 1.23. The van der Waals surface area contributed by atoms with E-state index in [4.69, 9.17) is 4.74 Å². The quantitative estimate of drug-likeness (QED) is 0.730. The summed E-state index contributed by atoms with van der Waals surface area (Å²) in [6.45, 7) is 0.367. The molecule has 0 aliphatic carbocycles. The molecule has 0 fully saturated rings. The van der Waals surface area contributed by atoms with Crippen molar-refractivity contribution in [2.45, 2.75) is 19.1 Å². The molecule has 0 aliphatic heterocycles. The first-order valence-corrected chi connectivity index (χ1v) is 8.13. The van der Waals surface area contributed by atoms with Gasteiger partial charge in [0.1, 0.15) is 11.9 Å². The number of thioether (sulfide) groups is 1. The summed E-state index contributed by atoms with van der Waals surface area (Å²) in [5, 5.41) is 13.4. The Labute approximate surface area is 128 Å². The van der Waals surface area contributed by atoms with Crippen LogP contribution in [0.5, 0.6) is 5.75 Å². The van der Waals surface area contributed by atoms with E-state index in [1.54, 1.807) is 18.9 Å². The summed E-state index contributed by atoms with van der Waals surface area (Å²) < 4.78 is 5.18. The van der Waals surface area contributed by atoms with E-state index in [1.807, 2.05) is 30.5 Å². The van der Waals surface area contributed by atoms with Gasteiger partial charge in [-0.25, -0.2) is 0 Å². The lowest BCUT2D eigenvalue weighted by Gasteiger charge is -2.09. The minimum Gasteiger partial charge on any atom is -0.497 e. The number of nitrogens with one attached hydrogen (secondary N) is 2. The van der Waals surface area contributed by atoms with E-state index in [-0.39, 0.29) is 5.91 Å². The second kappa shape index (κ2) is 7.38. The van der Waals surface area contributed by atoms with Crippen molar-refractivity contribution in [1.82, 2.24) is 10.3 Å². The minimum atomic E-state index is -0.943. The smallest absolute Gasteiger partial charge is 0.249 e. The molecule has 0 saturated carbocycles. The van der Waals surface area contributed by atoms with Crippen molar-refractivity contribution in [3.8, 4) is 5.75 Å². The number of hydrogen-bond donors (Lipinski definition) is 3. The van der Waals surface area contributed by atoms with Gasteiger partial charge in [0.05, 0.1) is 13.7 Å². The molecule has 2 rings (SSSR count). The average molecular weight is 308 g/mol. The first-order valence-electron chi connectivity index (χ1n) is 6.74. The molecule has 0 unspecified atom stereocenters. The van der Waals surface area contributed by atoms with Crippen molar-refractivity contribution in [2.75, 3.05) is 19.1 Å². The first-order chi connectivity index (χ1) is 10.1. The molecule has 0 bridgehead atoms. The summed E-state index contributed by atoms with van der Waals surface area (Å²) in [6.07, 6.45) is 1.47.